The maximum absolute atomic E-state index is 13.2. The highest BCUT2D eigenvalue weighted by Gasteiger charge is 2.39. The minimum atomic E-state index is -1.64. The van der Waals surface area contributed by atoms with E-state index in [9.17, 15) is 18.6 Å². The van der Waals surface area contributed by atoms with E-state index in [0.29, 0.717) is 30.6 Å². The molecule has 1 aliphatic heterocycles. The standard InChI is InChI=1S/C28H33ClN2O5S/c1-2-19-36-28(34)23-12-8-22(9-13-23)20-37(35)27(31-18-16-25(31)32)26(33)30-17-6-4-3-5-7-21-10-14-24(29)15-11-21/h2,8-15,27H,1,3-7,16-20H2,(H,30,33). The molecule has 2 unspecified atom stereocenters. The molecule has 0 saturated carbocycles. The molecule has 1 N–H and O–H groups in total. The van der Waals surface area contributed by atoms with Crippen LogP contribution in [0.4, 0.5) is 0 Å². The van der Waals surface area contributed by atoms with Crippen LogP contribution in [0.25, 0.3) is 0 Å². The lowest BCUT2D eigenvalue weighted by Crippen LogP contribution is -2.57. The van der Waals surface area contributed by atoms with Crippen LogP contribution in [0.3, 0.4) is 0 Å². The Morgan fingerprint density at radius 3 is 2.35 bits per heavy atom. The monoisotopic (exact) mass is 544 g/mol. The van der Waals surface area contributed by atoms with E-state index >= 15 is 0 Å². The molecule has 1 heterocycles. The largest absolute Gasteiger partial charge is 0.458 e. The summed E-state index contributed by atoms with van der Waals surface area (Å²) in [7, 11) is -1.64. The molecule has 0 aliphatic carbocycles. The average molecular weight is 545 g/mol. The van der Waals surface area contributed by atoms with Gasteiger partial charge in [-0.3, -0.25) is 13.8 Å². The molecule has 2 aromatic carbocycles. The van der Waals surface area contributed by atoms with Crippen molar-refractivity contribution >= 4 is 40.2 Å². The van der Waals surface area contributed by atoms with Crippen LogP contribution < -0.4 is 5.32 Å². The van der Waals surface area contributed by atoms with Crippen molar-refractivity contribution in [1.29, 1.82) is 0 Å². The second-order valence-electron chi connectivity index (χ2n) is 8.88. The van der Waals surface area contributed by atoms with Crippen molar-refractivity contribution in [2.45, 2.75) is 49.7 Å². The quantitative estimate of drug-likeness (QED) is 0.155. The van der Waals surface area contributed by atoms with Gasteiger partial charge in [-0.25, -0.2) is 4.79 Å². The van der Waals surface area contributed by atoms with Crippen molar-refractivity contribution in [2.24, 2.45) is 0 Å². The van der Waals surface area contributed by atoms with Gasteiger partial charge in [0.1, 0.15) is 6.61 Å². The first kappa shape index (κ1) is 28.6. The predicted molar refractivity (Wildman–Crippen MR) is 146 cm³/mol. The fourth-order valence-corrected chi connectivity index (χ4v) is 5.57. The zero-order chi connectivity index (χ0) is 26.6. The molecule has 198 valence electrons. The Morgan fingerprint density at radius 1 is 1.05 bits per heavy atom. The first-order valence-corrected chi connectivity index (χ1v) is 14.2. The summed E-state index contributed by atoms with van der Waals surface area (Å²) in [6.45, 7) is 4.51. The van der Waals surface area contributed by atoms with Crippen molar-refractivity contribution in [1.82, 2.24) is 10.2 Å². The van der Waals surface area contributed by atoms with Gasteiger partial charge in [0, 0.05) is 24.5 Å². The van der Waals surface area contributed by atoms with Crippen molar-refractivity contribution < 1.29 is 23.3 Å². The number of amides is 2. The lowest BCUT2D eigenvalue weighted by atomic mass is 10.1. The number of aryl methyl sites for hydroxylation is 1. The molecule has 7 nitrogen and oxygen atoms in total. The summed E-state index contributed by atoms with van der Waals surface area (Å²) in [4.78, 5) is 38.3. The number of unbranched alkanes of at least 4 members (excludes halogenated alkanes) is 3. The topological polar surface area (TPSA) is 92.8 Å². The van der Waals surface area contributed by atoms with Crippen molar-refractivity contribution in [3.05, 3.63) is 82.9 Å². The van der Waals surface area contributed by atoms with E-state index in [0.717, 1.165) is 37.1 Å². The van der Waals surface area contributed by atoms with E-state index in [1.54, 1.807) is 24.3 Å². The van der Waals surface area contributed by atoms with Crippen LogP contribution in [0.1, 0.15) is 53.6 Å². The Balaban J connectivity index is 1.45. The molecule has 9 heteroatoms. The van der Waals surface area contributed by atoms with Gasteiger partial charge in [-0.1, -0.05) is 61.4 Å². The molecule has 0 radical (unpaired) electrons. The highest BCUT2D eigenvalue weighted by Crippen LogP contribution is 2.20. The third kappa shape index (κ3) is 8.83. The number of hydrogen-bond acceptors (Lipinski definition) is 5. The summed E-state index contributed by atoms with van der Waals surface area (Å²) in [5.41, 5.74) is 2.33. The molecule has 37 heavy (non-hydrogen) atoms. The van der Waals surface area contributed by atoms with Crippen LogP contribution in [0, 0.1) is 0 Å². The number of nitrogens with one attached hydrogen (secondary N) is 1. The van der Waals surface area contributed by atoms with Gasteiger partial charge in [-0.05, 0) is 54.7 Å². The number of halogens is 1. The van der Waals surface area contributed by atoms with Gasteiger partial charge in [0.2, 0.25) is 5.91 Å². The Morgan fingerprint density at radius 2 is 1.73 bits per heavy atom. The van der Waals surface area contributed by atoms with E-state index in [2.05, 4.69) is 11.9 Å². The number of benzene rings is 2. The molecule has 3 rings (SSSR count). The summed E-state index contributed by atoms with van der Waals surface area (Å²) < 4.78 is 18.2. The zero-order valence-electron chi connectivity index (χ0n) is 20.8. The minimum absolute atomic E-state index is 0.0918. The molecule has 1 saturated heterocycles. The third-order valence-electron chi connectivity index (χ3n) is 6.08. The molecular formula is C28H33ClN2O5S. The maximum Gasteiger partial charge on any atom is 0.338 e. The molecule has 2 aromatic rings. The van der Waals surface area contributed by atoms with E-state index in [1.807, 2.05) is 24.3 Å². The highest BCUT2D eigenvalue weighted by atomic mass is 35.5. The number of rotatable bonds is 15. The normalized spacial score (nSPS) is 14.4. The van der Waals surface area contributed by atoms with Crippen LogP contribution in [0.2, 0.25) is 5.02 Å². The van der Waals surface area contributed by atoms with Crippen molar-refractivity contribution in [3.8, 4) is 0 Å². The van der Waals surface area contributed by atoms with E-state index < -0.39 is 28.0 Å². The van der Waals surface area contributed by atoms with E-state index in [4.69, 9.17) is 16.3 Å². The van der Waals surface area contributed by atoms with Crippen LogP contribution in [-0.4, -0.2) is 52.0 Å². The Kier molecular flexibility index (Phi) is 11.4. The first-order chi connectivity index (χ1) is 17.9. The van der Waals surface area contributed by atoms with Gasteiger partial charge in [0.25, 0.3) is 5.91 Å². The maximum atomic E-state index is 13.2. The highest BCUT2D eigenvalue weighted by molar-refractivity contribution is 7.85. The minimum Gasteiger partial charge on any atom is -0.458 e. The molecule has 0 bridgehead atoms. The number of ether oxygens (including phenoxy) is 1. The zero-order valence-corrected chi connectivity index (χ0v) is 22.4. The lowest BCUT2D eigenvalue weighted by molar-refractivity contribution is -0.145. The number of esters is 1. The van der Waals surface area contributed by atoms with E-state index in [1.165, 1.54) is 16.5 Å². The second-order valence-corrected chi connectivity index (χ2v) is 10.8. The van der Waals surface area contributed by atoms with Gasteiger partial charge in [0.05, 0.1) is 22.1 Å². The molecule has 2 atom stereocenters. The fourth-order valence-electron chi connectivity index (χ4n) is 3.94. The van der Waals surface area contributed by atoms with Gasteiger partial charge in [0.15, 0.2) is 5.37 Å². The molecule has 1 fully saturated rings. The number of β-lactam (4-membered cyclic amide) rings is 1. The molecular weight excluding hydrogens is 512 g/mol. The SMILES string of the molecule is C=CCOC(=O)c1ccc(CS(=O)C(C(=O)NCCCCCCc2ccc(Cl)cc2)N2CCC2=O)cc1. The van der Waals surface area contributed by atoms with Crippen LogP contribution in [0.5, 0.6) is 0 Å². The first-order valence-electron chi connectivity index (χ1n) is 12.4. The lowest BCUT2D eigenvalue weighted by Gasteiger charge is -2.36. The molecule has 0 aromatic heterocycles. The Labute approximate surface area is 225 Å². The third-order valence-corrected chi connectivity index (χ3v) is 7.92. The number of nitrogens with zero attached hydrogens (tertiary/aromatic N) is 1. The number of carbonyl (C=O) groups is 3. The summed E-state index contributed by atoms with van der Waals surface area (Å²) >= 11 is 5.92. The van der Waals surface area contributed by atoms with Crippen molar-refractivity contribution in [3.63, 3.8) is 0 Å². The van der Waals surface area contributed by atoms with Gasteiger partial charge in [-0.2, -0.15) is 0 Å². The predicted octanol–water partition coefficient (Wildman–Crippen LogP) is 4.41. The van der Waals surface area contributed by atoms with Crippen molar-refractivity contribution in [2.75, 3.05) is 19.7 Å². The van der Waals surface area contributed by atoms with Crippen LogP contribution in [-0.2, 0) is 37.3 Å². The summed E-state index contributed by atoms with van der Waals surface area (Å²) in [5, 5.41) is 2.58. The van der Waals surface area contributed by atoms with Gasteiger partial charge in [-0.15, -0.1) is 0 Å². The number of carbonyl (C=O) groups excluding carboxylic acids is 3. The molecule has 2 amide bonds. The van der Waals surface area contributed by atoms with Gasteiger partial charge < -0.3 is 15.0 Å². The molecule has 1 aliphatic rings. The number of likely N-dealkylation sites (tertiary alicyclic amines) is 1. The Bertz CT molecular complexity index is 1100. The summed E-state index contributed by atoms with van der Waals surface area (Å²) in [5.74, 6) is -0.941. The van der Waals surface area contributed by atoms with Crippen LogP contribution >= 0.6 is 11.6 Å². The number of hydrogen-bond donors (Lipinski definition) is 1. The second kappa shape index (κ2) is 14.7. The molecule has 0 spiro atoms. The van der Waals surface area contributed by atoms with Gasteiger partial charge >= 0.3 is 5.97 Å². The summed E-state index contributed by atoms with van der Waals surface area (Å²) in [6, 6.07) is 14.4. The van der Waals surface area contributed by atoms with Crippen LogP contribution in [0.15, 0.2) is 61.2 Å². The Hall–Kier alpha value is -2.97. The van der Waals surface area contributed by atoms with E-state index in [-0.39, 0.29) is 18.3 Å². The average Bonchev–Trinajstić information content (AvgIpc) is 2.90. The fraction of sp³-hybridized carbons (Fsp3) is 0.393. The smallest absolute Gasteiger partial charge is 0.338 e. The summed E-state index contributed by atoms with van der Waals surface area (Å²) in [6.07, 6.45) is 6.69.